The van der Waals surface area contributed by atoms with Gasteiger partial charge in [0, 0.05) is 11.0 Å². The van der Waals surface area contributed by atoms with Crippen LogP contribution in [0.25, 0.3) is 0 Å². The van der Waals surface area contributed by atoms with E-state index in [0.717, 1.165) is 10.2 Å². The summed E-state index contributed by atoms with van der Waals surface area (Å²) >= 11 is 3.35. The van der Waals surface area contributed by atoms with Gasteiger partial charge in [0.15, 0.2) is 0 Å². The summed E-state index contributed by atoms with van der Waals surface area (Å²) in [6.45, 7) is 3.54. The molecule has 0 aromatic heterocycles. The number of hydrogen-bond acceptors (Lipinski definition) is 4. The predicted molar refractivity (Wildman–Crippen MR) is 69.1 cm³/mol. The van der Waals surface area contributed by atoms with Gasteiger partial charge in [-0.1, -0.05) is 15.9 Å². The molecule has 0 fully saturated rings. The summed E-state index contributed by atoms with van der Waals surface area (Å²) in [7, 11) is 0. The first-order chi connectivity index (χ1) is 8.22. The first-order valence-corrected chi connectivity index (χ1v) is 6.26. The molecule has 0 radical (unpaired) electrons. The van der Waals surface area contributed by atoms with Gasteiger partial charge in [-0.15, -0.1) is 0 Å². The molecule has 0 unspecified atom stereocenters. The molecule has 1 aromatic carbocycles. The lowest BCUT2D eigenvalue weighted by molar-refractivity contribution is -0.142. The maximum Gasteiger partial charge on any atom is 0.319 e. The maximum absolute atomic E-state index is 11.0. The molecule has 0 saturated heterocycles. The quantitative estimate of drug-likeness (QED) is 0.618. The van der Waals surface area contributed by atoms with Crippen LogP contribution in [0.3, 0.4) is 0 Å². The van der Waals surface area contributed by atoms with E-state index in [-0.39, 0.29) is 12.5 Å². The molecule has 0 spiro atoms. The molecule has 1 aromatic rings. The van der Waals surface area contributed by atoms with Crippen molar-refractivity contribution in [2.75, 3.05) is 26.3 Å². The third kappa shape index (κ3) is 6.28. The lowest BCUT2D eigenvalue weighted by atomic mass is 10.3. The van der Waals surface area contributed by atoms with Gasteiger partial charge in [-0.2, -0.15) is 0 Å². The average molecular weight is 302 g/mol. The molecule has 0 aliphatic heterocycles. The Morgan fingerprint density at radius 1 is 1.35 bits per heavy atom. The largest absolute Gasteiger partial charge is 0.492 e. The molecule has 0 saturated carbocycles. The summed E-state index contributed by atoms with van der Waals surface area (Å²) in [5.74, 6) is 0.572. The molecule has 0 heterocycles. The van der Waals surface area contributed by atoms with E-state index in [2.05, 4.69) is 21.2 Å². The molecule has 0 aliphatic carbocycles. The number of esters is 1. The fourth-order valence-electron chi connectivity index (χ4n) is 1.17. The number of halogens is 1. The van der Waals surface area contributed by atoms with Gasteiger partial charge in [-0.05, 0) is 31.2 Å². The van der Waals surface area contributed by atoms with Crippen molar-refractivity contribution in [2.24, 2.45) is 0 Å². The first-order valence-electron chi connectivity index (χ1n) is 5.47. The third-order valence-corrected chi connectivity index (χ3v) is 2.46. The van der Waals surface area contributed by atoms with Crippen LogP contribution in [0.15, 0.2) is 28.7 Å². The molecule has 0 amide bonds. The van der Waals surface area contributed by atoms with E-state index >= 15 is 0 Å². The summed E-state index contributed by atoms with van der Waals surface area (Å²) in [5.41, 5.74) is 0. The maximum atomic E-state index is 11.0. The van der Waals surface area contributed by atoms with Crippen molar-refractivity contribution in [1.29, 1.82) is 0 Å². The zero-order valence-corrected chi connectivity index (χ0v) is 11.3. The van der Waals surface area contributed by atoms with Crippen LogP contribution in [-0.2, 0) is 9.53 Å². The highest BCUT2D eigenvalue weighted by atomic mass is 79.9. The fourth-order valence-corrected chi connectivity index (χ4v) is 1.44. The number of nitrogens with one attached hydrogen (secondary N) is 1. The van der Waals surface area contributed by atoms with Crippen LogP contribution >= 0.6 is 15.9 Å². The smallest absolute Gasteiger partial charge is 0.319 e. The van der Waals surface area contributed by atoms with E-state index < -0.39 is 0 Å². The van der Waals surface area contributed by atoms with Gasteiger partial charge in [0.1, 0.15) is 12.4 Å². The average Bonchev–Trinajstić information content (AvgIpc) is 2.31. The Balaban J connectivity index is 2.08. The summed E-state index contributed by atoms with van der Waals surface area (Å²) in [6.07, 6.45) is 0. The molecule has 0 aliphatic rings. The van der Waals surface area contributed by atoms with E-state index in [0.29, 0.717) is 19.8 Å². The Bertz CT molecular complexity index is 340. The molecule has 4 nitrogen and oxygen atoms in total. The van der Waals surface area contributed by atoms with E-state index in [1.165, 1.54) is 0 Å². The van der Waals surface area contributed by atoms with Crippen molar-refractivity contribution in [3.63, 3.8) is 0 Å². The highest BCUT2D eigenvalue weighted by Crippen LogP contribution is 2.15. The number of ether oxygens (including phenoxy) is 2. The van der Waals surface area contributed by atoms with E-state index in [9.17, 15) is 4.79 Å². The van der Waals surface area contributed by atoms with Crippen molar-refractivity contribution in [2.45, 2.75) is 6.92 Å². The highest BCUT2D eigenvalue weighted by Gasteiger charge is 1.99. The minimum absolute atomic E-state index is 0.220. The normalized spacial score (nSPS) is 10.0. The van der Waals surface area contributed by atoms with Gasteiger partial charge in [0.05, 0.1) is 13.2 Å². The summed E-state index contributed by atoms with van der Waals surface area (Å²) in [5, 5.41) is 2.94. The number of carbonyl (C=O) groups is 1. The summed E-state index contributed by atoms with van der Waals surface area (Å²) in [6, 6.07) is 7.60. The molecule has 5 heteroatoms. The van der Waals surface area contributed by atoms with E-state index in [4.69, 9.17) is 9.47 Å². The SMILES string of the molecule is CCOC(=O)CNCCOc1ccc(Br)cc1. The molecule has 17 heavy (non-hydrogen) atoms. The van der Waals surface area contributed by atoms with E-state index in [1.807, 2.05) is 24.3 Å². The zero-order chi connectivity index (χ0) is 12.5. The Kier molecular flexibility index (Phi) is 6.65. The Labute approximate surface area is 109 Å². The summed E-state index contributed by atoms with van der Waals surface area (Å²) < 4.78 is 11.3. The molecular weight excluding hydrogens is 286 g/mol. The van der Waals surface area contributed by atoms with E-state index in [1.54, 1.807) is 6.92 Å². The Morgan fingerprint density at radius 3 is 2.71 bits per heavy atom. The first kappa shape index (κ1) is 14.0. The minimum atomic E-state index is -0.240. The van der Waals surface area contributed by atoms with Crippen LogP contribution in [-0.4, -0.2) is 32.3 Å². The molecule has 94 valence electrons. The Hall–Kier alpha value is -1.07. The van der Waals surface area contributed by atoms with Crippen molar-refractivity contribution in [1.82, 2.24) is 5.32 Å². The lowest BCUT2D eigenvalue weighted by Crippen LogP contribution is -2.28. The van der Waals surface area contributed by atoms with Gasteiger partial charge < -0.3 is 14.8 Å². The van der Waals surface area contributed by atoms with Gasteiger partial charge in [0.25, 0.3) is 0 Å². The van der Waals surface area contributed by atoms with Gasteiger partial charge in [-0.3, -0.25) is 4.79 Å². The second-order valence-corrected chi connectivity index (χ2v) is 4.20. The van der Waals surface area contributed by atoms with Crippen LogP contribution < -0.4 is 10.1 Å². The summed E-state index contributed by atoms with van der Waals surface area (Å²) in [4.78, 5) is 11.0. The third-order valence-electron chi connectivity index (χ3n) is 1.94. The fraction of sp³-hybridized carbons (Fsp3) is 0.417. The Morgan fingerprint density at radius 2 is 2.06 bits per heavy atom. The molecule has 0 bridgehead atoms. The van der Waals surface area contributed by atoms with Crippen LogP contribution in [0, 0.1) is 0 Å². The second-order valence-electron chi connectivity index (χ2n) is 3.28. The molecular formula is C12H16BrNO3. The van der Waals surface area contributed by atoms with Gasteiger partial charge in [0.2, 0.25) is 0 Å². The predicted octanol–water partition coefficient (Wildman–Crippen LogP) is 1.98. The second kappa shape index (κ2) is 8.08. The van der Waals surface area contributed by atoms with Gasteiger partial charge in [-0.25, -0.2) is 0 Å². The van der Waals surface area contributed by atoms with Crippen molar-refractivity contribution in [3.8, 4) is 5.75 Å². The monoisotopic (exact) mass is 301 g/mol. The van der Waals surface area contributed by atoms with Crippen molar-refractivity contribution >= 4 is 21.9 Å². The van der Waals surface area contributed by atoms with Crippen molar-refractivity contribution in [3.05, 3.63) is 28.7 Å². The number of hydrogen-bond donors (Lipinski definition) is 1. The van der Waals surface area contributed by atoms with Gasteiger partial charge >= 0.3 is 5.97 Å². The van der Waals surface area contributed by atoms with Crippen LogP contribution in [0.1, 0.15) is 6.92 Å². The zero-order valence-electron chi connectivity index (χ0n) is 9.74. The topological polar surface area (TPSA) is 47.6 Å². The number of benzene rings is 1. The molecule has 0 atom stereocenters. The molecule has 1 N–H and O–H groups in total. The van der Waals surface area contributed by atoms with Crippen LogP contribution in [0.4, 0.5) is 0 Å². The van der Waals surface area contributed by atoms with Crippen LogP contribution in [0.5, 0.6) is 5.75 Å². The van der Waals surface area contributed by atoms with Crippen molar-refractivity contribution < 1.29 is 14.3 Å². The van der Waals surface area contributed by atoms with Crippen LogP contribution in [0.2, 0.25) is 0 Å². The highest BCUT2D eigenvalue weighted by molar-refractivity contribution is 9.10. The molecule has 1 rings (SSSR count). The number of rotatable bonds is 7. The lowest BCUT2D eigenvalue weighted by Gasteiger charge is -2.07. The minimum Gasteiger partial charge on any atom is -0.492 e. The number of carbonyl (C=O) groups excluding carboxylic acids is 1. The standard InChI is InChI=1S/C12H16BrNO3/c1-2-16-12(15)9-14-7-8-17-11-5-3-10(13)4-6-11/h3-6,14H,2,7-9H2,1H3.